The van der Waals surface area contributed by atoms with Gasteiger partial charge >= 0.3 is 0 Å². The van der Waals surface area contributed by atoms with Gasteiger partial charge in [-0.25, -0.2) is 4.99 Å². The Kier molecular flexibility index (Phi) is 3.16. The van der Waals surface area contributed by atoms with E-state index >= 15 is 0 Å². The van der Waals surface area contributed by atoms with Crippen molar-refractivity contribution in [3.05, 3.63) is 35.8 Å². The van der Waals surface area contributed by atoms with E-state index in [-0.39, 0.29) is 0 Å². The summed E-state index contributed by atoms with van der Waals surface area (Å²) in [6.07, 6.45) is 8.45. The SMILES string of the molecule is N#CCC1(n2cc(/C(C=N)=C3\C=CN=C3N)cn2)COC1. The first-order valence-electron chi connectivity index (χ1n) is 6.45. The predicted octanol–water partition coefficient (Wildman–Crippen LogP) is 0.810. The molecule has 3 heterocycles. The number of hydrogen-bond acceptors (Lipinski definition) is 6. The number of amidine groups is 1. The van der Waals surface area contributed by atoms with Crippen molar-refractivity contribution in [2.75, 3.05) is 13.2 Å². The van der Waals surface area contributed by atoms with E-state index in [0.29, 0.717) is 36.6 Å². The van der Waals surface area contributed by atoms with Crippen LogP contribution in [-0.4, -0.2) is 35.0 Å². The smallest absolute Gasteiger partial charge is 0.131 e. The number of aliphatic imine (C=N–C) groups is 1. The zero-order valence-corrected chi connectivity index (χ0v) is 11.3. The summed E-state index contributed by atoms with van der Waals surface area (Å²) in [7, 11) is 0. The molecule has 106 valence electrons. The highest BCUT2D eigenvalue weighted by atomic mass is 16.5. The first-order valence-corrected chi connectivity index (χ1v) is 6.45. The molecule has 0 amide bonds. The molecule has 1 saturated heterocycles. The molecule has 21 heavy (non-hydrogen) atoms. The number of allylic oxidation sites excluding steroid dienone is 1. The fourth-order valence-electron chi connectivity index (χ4n) is 2.41. The zero-order chi connectivity index (χ0) is 14.9. The molecule has 7 nitrogen and oxygen atoms in total. The Labute approximate surface area is 121 Å². The number of hydrogen-bond donors (Lipinski definition) is 2. The highest BCUT2D eigenvalue weighted by Crippen LogP contribution is 2.30. The third-order valence-electron chi connectivity index (χ3n) is 3.69. The van der Waals surface area contributed by atoms with Crippen LogP contribution in [0.4, 0.5) is 0 Å². The van der Waals surface area contributed by atoms with Crippen LogP contribution in [0.15, 0.2) is 35.2 Å². The molecular formula is C14H14N6O. The van der Waals surface area contributed by atoms with Gasteiger partial charge in [0.15, 0.2) is 0 Å². The molecule has 0 aromatic carbocycles. The van der Waals surface area contributed by atoms with Crippen LogP contribution in [0.1, 0.15) is 12.0 Å². The number of nitriles is 1. The second-order valence-electron chi connectivity index (χ2n) is 5.03. The van der Waals surface area contributed by atoms with Crippen molar-refractivity contribution in [3.8, 4) is 6.07 Å². The molecule has 2 aliphatic rings. The second kappa shape index (κ2) is 5.00. The summed E-state index contributed by atoms with van der Waals surface area (Å²) in [5.74, 6) is 0.389. The fourth-order valence-corrected chi connectivity index (χ4v) is 2.41. The maximum Gasteiger partial charge on any atom is 0.131 e. The minimum absolute atomic E-state index is 0.341. The van der Waals surface area contributed by atoms with Crippen LogP contribution in [0.25, 0.3) is 5.57 Å². The fraction of sp³-hybridized carbons (Fsp3) is 0.286. The Morgan fingerprint density at radius 1 is 1.62 bits per heavy atom. The van der Waals surface area contributed by atoms with Gasteiger partial charge in [-0.2, -0.15) is 10.4 Å². The molecule has 3 rings (SSSR count). The summed E-state index contributed by atoms with van der Waals surface area (Å²) >= 11 is 0. The zero-order valence-electron chi connectivity index (χ0n) is 11.3. The molecule has 0 spiro atoms. The molecule has 0 unspecified atom stereocenters. The molecule has 7 heteroatoms. The summed E-state index contributed by atoms with van der Waals surface area (Å²) in [5, 5.41) is 20.9. The quantitative estimate of drug-likeness (QED) is 0.795. The summed E-state index contributed by atoms with van der Waals surface area (Å²) in [5.41, 5.74) is 7.55. The van der Waals surface area contributed by atoms with Crippen LogP contribution >= 0.6 is 0 Å². The lowest BCUT2D eigenvalue weighted by Gasteiger charge is -2.39. The van der Waals surface area contributed by atoms with Crippen molar-refractivity contribution in [3.63, 3.8) is 0 Å². The van der Waals surface area contributed by atoms with Crippen molar-refractivity contribution in [1.82, 2.24) is 9.78 Å². The normalized spacial score (nSPS) is 21.4. The van der Waals surface area contributed by atoms with Crippen LogP contribution in [0.5, 0.6) is 0 Å². The van der Waals surface area contributed by atoms with Gasteiger partial charge in [0.2, 0.25) is 0 Å². The van der Waals surface area contributed by atoms with Gasteiger partial charge < -0.3 is 15.9 Å². The number of nitrogens with one attached hydrogen (secondary N) is 1. The average Bonchev–Trinajstić information content (AvgIpc) is 3.06. The Morgan fingerprint density at radius 3 is 2.95 bits per heavy atom. The summed E-state index contributed by atoms with van der Waals surface area (Å²) < 4.78 is 6.99. The van der Waals surface area contributed by atoms with Gasteiger partial charge in [0, 0.05) is 35.3 Å². The molecule has 2 aliphatic heterocycles. The Balaban J connectivity index is 1.99. The number of ether oxygens (including phenoxy) is 1. The van der Waals surface area contributed by atoms with Gasteiger partial charge in [-0.3, -0.25) is 4.68 Å². The lowest BCUT2D eigenvalue weighted by Crippen LogP contribution is -2.51. The van der Waals surface area contributed by atoms with Crippen LogP contribution in [0, 0.1) is 16.7 Å². The first-order chi connectivity index (χ1) is 10.2. The van der Waals surface area contributed by atoms with Crippen LogP contribution < -0.4 is 5.73 Å². The van der Waals surface area contributed by atoms with E-state index in [0.717, 1.165) is 5.56 Å². The van der Waals surface area contributed by atoms with E-state index in [1.165, 1.54) is 6.21 Å². The van der Waals surface area contributed by atoms with Gasteiger partial charge in [-0.1, -0.05) is 0 Å². The van der Waals surface area contributed by atoms with Gasteiger partial charge in [0.1, 0.15) is 11.4 Å². The third kappa shape index (κ3) is 2.06. The van der Waals surface area contributed by atoms with E-state index in [1.807, 2.05) is 6.20 Å². The standard InChI is InChI=1S/C14H14N6O/c15-3-2-14(8-21-9-14)20-7-10(6-19-20)12(5-16)11-1-4-18-13(11)17/h1,4-7,16H,2,8-9H2,(H2,17,18)/b12-11+,16-5?. The third-order valence-corrected chi connectivity index (χ3v) is 3.69. The minimum atomic E-state index is -0.393. The molecule has 0 atom stereocenters. The minimum Gasteiger partial charge on any atom is -0.383 e. The molecule has 3 N–H and O–H groups in total. The van der Waals surface area contributed by atoms with E-state index in [4.69, 9.17) is 21.1 Å². The first kappa shape index (κ1) is 13.3. The van der Waals surface area contributed by atoms with Gasteiger partial charge in [0.05, 0.1) is 31.9 Å². The number of nitrogens with two attached hydrogens (primary N) is 1. The molecule has 0 bridgehead atoms. The Morgan fingerprint density at radius 2 is 2.43 bits per heavy atom. The maximum atomic E-state index is 8.96. The van der Waals surface area contributed by atoms with E-state index < -0.39 is 5.54 Å². The number of nitrogens with zero attached hydrogens (tertiary/aromatic N) is 4. The molecule has 0 aliphatic carbocycles. The highest BCUT2D eigenvalue weighted by molar-refractivity contribution is 6.21. The van der Waals surface area contributed by atoms with Crippen LogP contribution in [0.3, 0.4) is 0 Å². The van der Waals surface area contributed by atoms with Crippen molar-refractivity contribution >= 4 is 17.6 Å². The van der Waals surface area contributed by atoms with Crippen LogP contribution in [-0.2, 0) is 10.3 Å². The molecule has 0 radical (unpaired) electrons. The van der Waals surface area contributed by atoms with E-state index in [1.54, 1.807) is 23.2 Å². The predicted molar refractivity (Wildman–Crippen MR) is 77.7 cm³/mol. The summed E-state index contributed by atoms with van der Waals surface area (Å²) in [6, 6.07) is 2.18. The summed E-state index contributed by atoms with van der Waals surface area (Å²) in [4.78, 5) is 3.99. The number of rotatable bonds is 4. The monoisotopic (exact) mass is 282 g/mol. The van der Waals surface area contributed by atoms with Crippen molar-refractivity contribution < 1.29 is 4.74 Å². The van der Waals surface area contributed by atoms with E-state index in [9.17, 15) is 0 Å². The lowest BCUT2D eigenvalue weighted by molar-refractivity contribution is -0.104. The number of aromatic nitrogens is 2. The van der Waals surface area contributed by atoms with Gasteiger partial charge in [-0.15, -0.1) is 0 Å². The largest absolute Gasteiger partial charge is 0.383 e. The topological polar surface area (TPSA) is 113 Å². The van der Waals surface area contributed by atoms with Crippen molar-refractivity contribution in [2.45, 2.75) is 12.0 Å². The Bertz CT molecular complexity index is 714. The molecule has 1 aromatic rings. The molecule has 0 saturated carbocycles. The Hall–Kier alpha value is -2.72. The van der Waals surface area contributed by atoms with Gasteiger partial charge in [0.25, 0.3) is 0 Å². The average molecular weight is 282 g/mol. The maximum absolute atomic E-state index is 8.96. The van der Waals surface area contributed by atoms with Crippen molar-refractivity contribution in [1.29, 1.82) is 10.7 Å². The van der Waals surface area contributed by atoms with Crippen LogP contribution in [0.2, 0.25) is 0 Å². The highest BCUT2D eigenvalue weighted by Gasteiger charge is 2.41. The lowest BCUT2D eigenvalue weighted by atomic mass is 9.94. The van der Waals surface area contributed by atoms with E-state index in [2.05, 4.69) is 16.2 Å². The molecule has 1 aromatic heterocycles. The van der Waals surface area contributed by atoms with Crippen molar-refractivity contribution in [2.24, 2.45) is 10.7 Å². The second-order valence-corrected chi connectivity index (χ2v) is 5.03. The van der Waals surface area contributed by atoms with Gasteiger partial charge in [-0.05, 0) is 6.08 Å². The summed E-state index contributed by atoms with van der Waals surface area (Å²) in [6.45, 7) is 0.948. The molecular weight excluding hydrogens is 268 g/mol. The molecule has 1 fully saturated rings.